The van der Waals surface area contributed by atoms with Crippen molar-refractivity contribution in [2.24, 2.45) is 0 Å². The first-order valence-corrected chi connectivity index (χ1v) is 2.92. The average molecular weight is 130 g/mol. The van der Waals surface area contributed by atoms with Crippen LogP contribution in [0.25, 0.3) is 0 Å². The van der Waals surface area contributed by atoms with E-state index in [9.17, 15) is 0 Å². The Morgan fingerprint density at radius 1 is 1.44 bits per heavy atom. The predicted octanol–water partition coefficient (Wildman–Crippen LogP) is -0.143. The fraction of sp³-hybridized carbons (Fsp3) is 0.800. The van der Waals surface area contributed by atoms with E-state index in [0.29, 0.717) is 13.2 Å². The SMILES string of the molecule is N=CON1CCOCC1. The highest BCUT2D eigenvalue weighted by Gasteiger charge is 2.08. The van der Waals surface area contributed by atoms with Crippen LogP contribution in [-0.2, 0) is 9.57 Å². The second-order valence-electron chi connectivity index (χ2n) is 1.76. The number of hydrogen-bond acceptors (Lipinski definition) is 4. The van der Waals surface area contributed by atoms with Crippen LogP contribution in [-0.4, -0.2) is 37.8 Å². The van der Waals surface area contributed by atoms with E-state index < -0.39 is 0 Å². The van der Waals surface area contributed by atoms with Gasteiger partial charge in [0.15, 0.2) is 6.40 Å². The molecule has 0 aromatic carbocycles. The van der Waals surface area contributed by atoms with Crippen molar-refractivity contribution in [1.29, 1.82) is 5.41 Å². The van der Waals surface area contributed by atoms with E-state index in [1.807, 2.05) is 0 Å². The normalized spacial score (nSPS) is 21.3. The molecule has 1 rings (SSSR count). The van der Waals surface area contributed by atoms with E-state index >= 15 is 0 Å². The molecule has 52 valence electrons. The second-order valence-corrected chi connectivity index (χ2v) is 1.76. The van der Waals surface area contributed by atoms with E-state index in [4.69, 9.17) is 15.0 Å². The number of hydrogen-bond donors (Lipinski definition) is 1. The highest BCUT2D eigenvalue weighted by Crippen LogP contribution is 1.94. The molecule has 1 N–H and O–H groups in total. The Morgan fingerprint density at radius 2 is 2.11 bits per heavy atom. The first kappa shape index (κ1) is 6.51. The average Bonchev–Trinajstić information content (AvgIpc) is 1.91. The quantitative estimate of drug-likeness (QED) is 0.418. The summed E-state index contributed by atoms with van der Waals surface area (Å²) in [5.41, 5.74) is 0. The van der Waals surface area contributed by atoms with Crippen LogP contribution in [0.4, 0.5) is 0 Å². The van der Waals surface area contributed by atoms with Gasteiger partial charge in [-0.1, -0.05) is 0 Å². The van der Waals surface area contributed by atoms with Crippen LogP contribution in [0.1, 0.15) is 0 Å². The van der Waals surface area contributed by atoms with Gasteiger partial charge in [0, 0.05) is 0 Å². The molecule has 4 nitrogen and oxygen atoms in total. The van der Waals surface area contributed by atoms with Gasteiger partial charge < -0.3 is 9.57 Å². The number of nitrogens with zero attached hydrogens (tertiary/aromatic N) is 1. The summed E-state index contributed by atoms with van der Waals surface area (Å²) in [7, 11) is 0. The molecular formula is C5H10N2O2. The third kappa shape index (κ3) is 1.99. The van der Waals surface area contributed by atoms with Crippen LogP contribution >= 0.6 is 0 Å². The lowest BCUT2D eigenvalue weighted by Crippen LogP contribution is -2.35. The van der Waals surface area contributed by atoms with Gasteiger partial charge in [-0.25, -0.2) is 0 Å². The molecule has 1 saturated heterocycles. The van der Waals surface area contributed by atoms with E-state index in [1.165, 1.54) is 0 Å². The summed E-state index contributed by atoms with van der Waals surface area (Å²) in [4.78, 5) is 4.78. The van der Waals surface area contributed by atoms with Gasteiger partial charge in [0.1, 0.15) is 0 Å². The Bertz CT molecular complexity index is 91.0. The van der Waals surface area contributed by atoms with Crippen LogP contribution in [0.2, 0.25) is 0 Å². The molecule has 0 aliphatic carbocycles. The lowest BCUT2D eigenvalue weighted by atomic mass is 10.5. The lowest BCUT2D eigenvalue weighted by Gasteiger charge is -2.23. The summed E-state index contributed by atoms with van der Waals surface area (Å²) in [6, 6.07) is 0. The summed E-state index contributed by atoms with van der Waals surface area (Å²) in [6.07, 6.45) is 0.936. The molecule has 0 spiro atoms. The first-order valence-electron chi connectivity index (χ1n) is 2.92. The highest BCUT2D eigenvalue weighted by molar-refractivity contribution is 5.40. The third-order valence-electron chi connectivity index (χ3n) is 1.17. The Labute approximate surface area is 53.8 Å². The van der Waals surface area contributed by atoms with Gasteiger partial charge in [0.25, 0.3) is 0 Å². The molecule has 0 atom stereocenters. The van der Waals surface area contributed by atoms with Crippen molar-refractivity contribution in [3.05, 3.63) is 0 Å². The molecule has 1 aliphatic rings. The van der Waals surface area contributed by atoms with Gasteiger partial charge in [0.05, 0.1) is 26.3 Å². The molecule has 4 heteroatoms. The first-order chi connectivity index (χ1) is 4.43. The summed E-state index contributed by atoms with van der Waals surface area (Å²) in [5, 5.41) is 8.31. The fourth-order valence-electron chi connectivity index (χ4n) is 0.727. The van der Waals surface area contributed by atoms with Crippen molar-refractivity contribution in [3.63, 3.8) is 0 Å². The molecule has 0 aromatic heterocycles. The van der Waals surface area contributed by atoms with Crippen LogP contribution in [0.3, 0.4) is 0 Å². The zero-order valence-corrected chi connectivity index (χ0v) is 5.17. The standard InChI is InChI=1S/C5H10N2O2/c6-5-9-7-1-3-8-4-2-7/h5-6H,1-4H2. The number of morpholine rings is 1. The van der Waals surface area contributed by atoms with Gasteiger partial charge in [-0.2, -0.15) is 0 Å². The molecule has 1 heterocycles. The maximum atomic E-state index is 6.61. The van der Waals surface area contributed by atoms with E-state index in [2.05, 4.69) is 0 Å². The van der Waals surface area contributed by atoms with Gasteiger partial charge in [0.2, 0.25) is 0 Å². The lowest BCUT2D eigenvalue weighted by molar-refractivity contribution is -0.124. The topological polar surface area (TPSA) is 45.5 Å². The monoisotopic (exact) mass is 130 g/mol. The molecule has 0 amide bonds. The van der Waals surface area contributed by atoms with Crippen LogP contribution in [0.15, 0.2) is 0 Å². The van der Waals surface area contributed by atoms with Crippen molar-refractivity contribution >= 4 is 6.40 Å². The van der Waals surface area contributed by atoms with Gasteiger partial charge in [-0.3, -0.25) is 5.41 Å². The Hall–Kier alpha value is -0.610. The maximum Gasteiger partial charge on any atom is 0.193 e. The van der Waals surface area contributed by atoms with E-state index in [0.717, 1.165) is 19.5 Å². The molecule has 0 unspecified atom stereocenters. The van der Waals surface area contributed by atoms with Crippen LogP contribution in [0.5, 0.6) is 0 Å². The van der Waals surface area contributed by atoms with E-state index in [1.54, 1.807) is 5.06 Å². The molecule has 1 fully saturated rings. The van der Waals surface area contributed by atoms with Crippen molar-refractivity contribution in [1.82, 2.24) is 5.06 Å². The van der Waals surface area contributed by atoms with Crippen LogP contribution in [0, 0.1) is 5.41 Å². The summed E-state index contributed by atoms with van der Waals surface area (Å²) in [5.74, 6) is 0. The van der Waals surface area contributed by atoms with Crippen molar-refractivity contribution in [2.45, 2.75) is 0 Å². The molecule has 0 aromatic rings. The van der Waals surface area contributed by atoms with Crippen molar-refractivity contribution in [3.8, 4) is 0 Å². The Balaban J connectivity index is 2.15. The second kappa shape index (κ2) is 3.42. The maximum absolute atomic E-state index is 6.61. The smallest absolute Gasteiger partial charge is 0.193 e. The number of ether oxygens (including phenoxy) is 1. The molecule has 0 radical (unpaired) electrons. The minimum absolute atomic E-state index is 0.702. The number of nitrogens with one attached hydrogen (secondary N) is 1. The Morgan fingerprint density at radius 3 is 2.67 bits per heavy atom. The zero-order valence-electron chi connectivity index (χ0n) is 5.17. The fourth-order valence-corrected chi connectivity index (χ4v) is 0.727. The highest BCUT2D eigenvalue weighted by atomic mass is 16.7. The number of rotatable bonds is 2. The largest absolute Gasteiger partial charge is 0.394 e. The minimum atomic E-state index is 0.702. The third-order valence-corrected chi connectivity index (χ3v) is 1.17. The molecular weight excluding hydrogens is 120 g/mol. The summed E-state index contributed by atoms with van der Waals surface area (Å²) < 4.78 is 5.05. The zero-order chi connectivity index (χ0) is 6.53. The molecule has 1 aliphatic heterocycles. The number of hydroxylamine groups is 2. The van der Waals surface area contributed by atoms with E-state index in [-0.39, 0.29) is 0 Å². The van der Waals surface area contributed by atoms with Gasteiger partial charge >= 0.3 is 0 Å². The minimum Gasteiger partial charge on any atom is -0.394 e. The molecule has 9 heavy (non-hydrogen) atoms. The predicted molar refractivity (Wildman–Crippen MR) is 32.3 cm³/mol. The van der Waals surface area contributed by atoms with Crippen LogP contribution < -0.4 is 0 Å². The Kier molecular flexibility index (Phi) is 2.48. The molecule has 0 saturated carbocycles. The van der Waals surface area contributed by atoms with Gasteiger partial charge in [-0.05, 0) is 0 Å². The van der Waals surface area contributed by atoms with Crippen molar-refractivity contribution in [2.75, 3.05) is 26.3 Å². The van der Waals surface area contributed by atoms with Crippen molar-refractivity contribution < 1.29 is 9.57 Å². The van der Waals surface area contributed by atoms with Gasteiger partial charge in [-0.15, -0.1) is 5.06 Å². The summed E-state index contributed by atoms with van der Waals surface area (Å²) >= 11 is 0. The molecule has 0 bridgehead atoms. The summed E-state index contributed by atoms with van der Waals surface area (Å²) in [6.45, 7) is 2.92.